The number of para-hydroxylation sites is 2. The Hall–Kier alpha value is -4.05. The molecule has 0 aliphatic carbocycles. The van der Waals surface area contributed by atoms with Gasteiger partial charge in [-0.05, 0) is 42.8 Å². The largest absolute Gasteiger partial charge is 0.304 e. The number of fused-ring (bicyclic) bond motifs is 1. The highest BCUT2D eigenvalue weighted by molar-refractivity contribution is 6.03. The van der Waals surface area contributed by atoms with Crippen LogP contribution in [-0.2, 0) is 6.42 Å². The fraction of sp³-hybridized carbons (Fsp3) is 0.0952. The van der Waals surface area contributed by atoms with E-state index in [-0.39, 0.29) is 11.6 Å². The number of nitriles is 1. The van der Waals surface area contributed by atoms with E-state index in [1.165, 1.54) is 6.20 Å². The fourth-order valence-corrected chi connectivity index (χ4v) is 2.88. The van der Waals surface area contributed by atoms with Crippen molar-refractivity contribution in [2.45, 2.75) is 13.3 Å². The van der Waals surface area contributed by atoms with E-state index in [2.05, 4.69) is 26.5 Å². The van der Waals surface area contributed by atoms with Crippen molar-refractivity contribution in [1.82, 2.24) is 19.7 Å². The molecule has 2 aromatic heterocycles. The normalized spacial score (nSPS) is 10.6. The molecule has 0 saturated carbocycles. The lowest BCUT2D eigenvalue weighted by Crippen LogP contribution is -2.14. The summed E-state index contributed by atoms with van der Waals surface area (Å²) in [5.41, 5.74) is 3.96. The topological polar surface area (TPSA) is 96.5 Å². The van der Waals surface area contributed by atoms with Gasteiger partial charge in [0.2, 0.25) is 0 Å². The third kappa shape index (κ3) is 3.31. The first-order chi connectivity index (χ1) is 13.7. The van der Waals surface area contributed by atoms with Crippen LogP contribution in [0.1, 0.15) is 28.7 Å². The Labute approximate surface area is 161 Å². The number of nitrogens with zero attached hydrogens (tertiary/aromatic N) is 5. The molecule has 0 aliphatic heterocycles. The highest BCUT2D eigenvalue weighted by Gasteiger charge is 2.14. The average molecular weight is 368 g/mol. The molecule has 4 rings (SSSR count). The van der Waals surface area contributed by atoms with Crippen LogP contribution in [0.25, 0.3) is 16.7 Å². The fourth-order valence-electron chi connectivity index (χ4n) is 2.88. The predicted octanol–water partition coefficient (Wildman–Crippen LogP) is 3.50. The number of carbonyl (C=O) groups is 1. The van der Waals surface area contributed by atoms with Crippen LogP contribution in [-0.4, -0.2) is 25.7 Å². The van der Waals surface area contributed by atoms with Crippen molar-refractivity contribution in [3.05, 3.63) is 77.7 Å². The molecule has 0 spiro atoms. The Morgan fingerprint density at radius 1 is 1.14 bits per heavy atom. The van der Waals surface area contributed by atoms with E-state index in [0.29, 0.717) is 16.9 Å². The van der Waals surface area contributed by atoms with Gasteiger partial charge in [-0.2, -0.15) is 5.26 Å². The molecule has 0 aliphatic rings. The summed E-state index contributed by atoms with van der Waals surface area (Å²) in [6.45, 7) is 2.01. The molecule has 0 radical (unpaired) electrons. The maximum atomic E-state index is 12.6. The van der Waals surface area contributed by atoms with Crippen molar-refractivity contribution >= 4 is 22.8 Å². The molecule has 0 fully saturated rings. The average Bonchev–Trinajstić information content (AvgIpc) is 3.16. The van der Waals surface area contributed by atoms with Crippen molar-refractivity contribution in [1.29, 1.82) is 5.26 Å². The van der Waals surface area contributed by atoms with Gasteiger partial charge in [-0.1, -0.05) is 19.1 Å². The molecule has 0 atom stereocenters. The van der Waals surface area contributed by atoms with Gasteiger partial charge in [-0.25, -0.2) is 9.67 Å². The van der Waals surface area contributed by atoms with Crippen LogP contribution in [0.15, 0.2) is 60.8 Å². The van der Waals surface area contributed by atoms with Crippen LogP contribution in [0, 0.1) is 11.3 Å². The van der Waals surface area contributed by atoms with E-state index in [0.717, 1.165) is 23.3 Å². The monoisotopic (exact) mass is 368 g/mol. The van der Waals surface area contributed by atoms with Gasteiger partial charge in [0.05, 0.1) is 34.6 Å². The minimum absolute atomic E-state index is 0.227. The molecule has 1 amide bonds. The number of benzene rings is 2. The van der Waals surface area contributed by atoms with Gasteiger partial charge >= 0.3 is 0 Å². The lowest BCUT2D eigenvalue weighted by atomic mass is 10.2. The molecule has 136 valence electrons. The van der Waals surface area contributed by atoms with E-state index in [4.69, 9.17) is 5.26 Å². The van der Waals surface area contributed by atoms with Gasteiger partial charge in [-0.15, -0.1) is 5.10 Å². The highest BCUT2D eigenvalue weighted by Crippen LogP contribution is 2.18. The number of aryl methyl sites for hydroxylation is 1. The Morgan fingerprint density at radius 3 is 2.61 bits per heavy atom. The smallest absolute Gasteiger partial charge is 0.277 e. The lowest BCUT2D eigenvalue weighted by molar-refractivity contribution is 0.102. The molecule has 4 aromatic rings. The molecule has 1 N–H and O–H groups in total. The third-order valence-corrected chi connectivity index (χ3v) is 4.31. The maximum Gasteiger partial charge on any atom is 0.277 e. The van der Waals surface area contributed by atoms with Gasteiger partial charge in [0.15, 0.2) is 5.82 Å². The van der Waals surface area contributed by atoms with E-state index in [1.807, 2.05) is 49.4 Å². The zero-order valence-corrected chi connectivity index (χ0v) is 15.1. The lowest BCUT2D eigenvalue weighted by Gasteiger charge is -2.05. The number of anilines is 1. The van der Waals surface area contributed by atoms with Gasteiger partial charge in [0, 0.05) is 11.8 Å². The molecule has 28 heavy (non-hydrogen) atoms. The number of nitrogens with one attached hydrogen (secondary N) is 1. The zero-order chi connectivity index (χ0) is 19.5. The first-order valence-corrected chi connectivity index (χ1v) is 8.80. The number of hydrogen-bond donors (Lipinski definition) is 1. The van der Waals surface area contributed by atoms with Crippen molar-refractivity contribution in [3.63, 3.8) is 0 Å². The quantitative estimate of drug-likeness (QED) is 0.595. The Kier molecular flexibility index (Phi) is 4.52. The van der Waals surface area contributed by atoms with Crippen LogP contribution in [0.2, 0.25) is 0 Å². The summed E-state index contributed by atoms with van der Waals surface area (Å²) in [6, 6.07) is 18.4. The number of amides is 1. The predicted molar refractivity (Wildman–Crippen MR) is 105 cm³/mol. The number of aromatic nitrogens is 4. The van der Waals surface area contributed by atoms with Crippen LogP contribution in [0.3, 0.4) is 0 Å². The Balaban J connectivity index is 1.61. The summed E-state index contributed by atoms with van der Waals surface area (Å²) in [5, 5.41) is 16.2. The second-order valence-electron chi connectivity index (χ2n) is 6.14. The number of hydrogen-bond acceptors (Lipinski definition) is 5. The van der Waals surface area contributed by atoms with Crippen molar-refractivity contribution in [2.24, 2.45) is 0 Å². The van der Waals surface area contributed by atoms with Gasteiger partial charge in [0.25, 0.3) is 5.91 Å². The molecule has 2 heterocycles. The molecular formula is C21H16N6O. The van der Waals surface area contributed by atoms with Crippen molar-refractivity contribution in [2.75, 3.05) is 5.32 Å². The van der Waals surface area contributed by atoms with Crippen LogP contribution in [0.5, 0.6) is 0 Å². The second kappa shape index (κ2) is 7.29. The molecule has 2 aromatic carbocycles. The number of carbonyl (C=O) groups excluding carboxylic acids is 1. The summed E-state index contributed by atoms with van der Waals surface area (Å²) < 4.78 is 1.75. The molecule has 7 nitrogen and oxygen atoms in total. The molecule has 0 unspecified atom stereocenters. The Morgan fingerprint density at radius 2 is 1.89 bits per heavy atom. The summed E-state index contributed by atoms with van der Waals surface area (Å²) in [5.74, 6) is 0.0616. The first-order valence-electron chi connectivity index (χ1n) is 8.80. The molecular weight excluding hydrogens is 352 g/mol. The molecule has 0 saturated heterocycles. The van der Waals surface area contributed by atoms with Crippen LogP contribution in [0.4, 0.5) is 5.82 Å². The summed E-state index contributed by atoms with van der Waals surface area (Å²) in [6.07, 6.45) is 2.19. The molecule has 0 bridgehead atoms. The van der Waals surface area contributed by atoms with E-state index in [9.17, 15) is 4.79 Å². The highest BCUT2D eigenvalue weighted by atomic mass is 16.2. The number of rotatable bonds is 4. The summed E-state index contributed by atoms with van der Waals surface area (Å²) in [4.78, 5) is 21.2. The van der Waals surface area contributed by atoms with Crippen LogP contribution >= 0.6 is 0 Å². The maximum absolute atomic E-state index is 12.6. The minimum atomic E-state index is -0.370. The van der Waals surface area contributed by atoms with E-state index >= 15 is 0 Å². The minimum Gasteiger partial charge on any atom is -0.304 e. The van der Waals surface area contributed by atoms with Gasteiger partial charge in [-0.3, -0.25) is 9.78 Å². The van der Waals surface area contributed by atoms with Crippen molar-refractivity contribution in [3.8, 4) is 11.8 Å². The van der Waals surface area contributed by atoms with Crippen molar-refractivity contribution < 1.29 is 4.79 Å². The summed E-state index contributed by atoms with van der Waals surface area (Å²) >= 11 is 0. The second-order valence-corrected chi connectivity index (χ2v) is 6.14. The van der Waals surface area contributed by atoms with E-state index in [1.54, 1.807) is 16.8 Å². The first kappa shape index (κ1) is 17.4. The van der Waals surface area contributed by atoms with Crippen LogP contribution < -0.4 is 5.32 Å². The zero-order valence-electron chi connectivity index (χ0n) is 15.1. The van der Waals surface area contributed by atoms with Gasteiger partial charge < -0.3 is 5.32 Å². The standard InChI is InChI=1S/C21H16N6O/c1-2-15-11-20(26-27(15)16-9-7-14(12-22)8-10-16)25-21(28)19-13-23-17-5-3-4-6-18(17)24-19/h3-11,13H,2H2,1H3,(H,25,26,28). The van der Waals surface area contributed by atoms with E-state index < -0.39 is 0 Å². The van der Waals surface area contributed by atoms with Gasteiger partial charge in [0.1, 0.15) is 5.69 Å². The molecule has 7 heteroatoms. The third-order valence-electron chi connectivity index (χ3n) is 4.31. The summed E-state index contributed by atoms with van der Waals surface area (Å²) in [7, 11) is 0. The SMILES string of the molecule is CCc1cc(NC(=O)c2cnc3ccccc3n2)nn1-c1ccc(C#N)cc1. The Bertz CT molecular complexity index is 1200.